The summed E-state index contributed by atoms with van der Waals surface area (Å²) in [6, 6.07) is 31.0. The van der Waals surface area contributed by atoms with Crippen LogP contribution in [0.15, 0.2) is 132 Å². The zero-order valence-corrected chi connectivity index (χ0v) is 21.4. The number of hydrogen-bond acceptors (Lipinski definition) is 5. The second kappa shape index (κ2) is 8.78. The van der Waals surface area contributed by atoms with Crippen LogP contribution >= 0.6 is 0 Å². The molecule has 4 aromatic rings. The minimum absolute atomic E-state index is 0.192. The Morgan fingerprint density at radius 2 is 0.756 bits per heavy atom. The fraction of sp³-hybridized carbons (Fsp3) is 0. The molecule has 9 nitrogen and oxygen atoms in total. The highest BCUT2D eigenvalue weighted by Crippen LogP contribution is 2.27. The van der Waals surface area contributed by atoms with Crippen molar-refractivity contribution in [1.29, 1.82) is 5.41 Å². The van der Waals surface area contributed by atoms with Gasteiger partial charge in [-0.1, -0.05) is 97.1 Å². The molecule has 0 fully saturated rings. The summed E-state index contributed by atoms with van der Waals surface area (Å²) in [5.74, 6) is 3.62. The Bertz CT molecular complexity index is 2070. The molecule has 41 heavy (non-hydrogen) atoms. The first-order chi connectivity index (χ1) is 20.1. The van der Waals surface area contributed by atoms with Crippen molar-refractivity contribution >= 4 is 46.7 Å². The number of nitrogens with two attached hydrogens (primary N) is 1. The predicted octanol–water partition coefficient (Wildman–Crippen LogP) is 4.35. The molecule has 192 valence electrons. The van der Waals surface area contributed by atoms with Crippen molar-refractivity contribution in [3.63, 3.8) is 0 Å². The summed E-state index contributed by atoms with van der Waals surface area (Å²) in [6.45, 7) is 0. The quantitative estimate of drug-likeness (QED) is 0.344. The summed E-state index contributed by atoms with van der Waals surface area (Å²) >= 11 is 0. The summed E-state index contributed by atoms with van der Waals surface area (Å²) in [6.07, 6.45) is 0. The average Bonchev–Trinajstić information content (AvgIpc) is 3.73. The van der Waals surface area contributed by atoms with E-state index in [0.29, 0.717) is 40.8 Å². The highest BCUT2D eigenvalue weighted by molar-refractivity contribution is 6.33. The smallest absolute Gasteiger partial charge is 0.164 e. The molecule has 4 aliphatic heterocycles. The Balaban J connectivity index is 1.23. The van der Waals surface area contributed by atoms with Gasteiger partial charge in [-0.25, -0.2) is 34.9 Å². The molecule has 0 bridgehead atoms. The van der Waals surface area contributed by atoms with Gasteiger partial charge in [-0.05, 0) is 0 Å². The third kappa shape index (κ3) is 3.64. The number of benzene rings is 4. The lowest BCUT2D eigenvalue weighted by molar-refractivity contribution is 1.44. The van der Waals surface area contributed by atoms with Crippen LogP contribution in [0.5, 0.6) is 0 Å². The molecule has 0 aliphatic carbocycles. The molecular weight excluding hydrogens is 510 g/mol. The van der Waals surface area contributed by atoms with Crippen LogP contribution in [0.2, 0.25) is 0 Å². The van der Waals surface area contributed by atoms with E-state index in [1.165, 1.54) is 0 Å². The number of hydrogen-bond donors (Lipinski definition) is 2. The molecule has 4 heterocycles. The molecule has 0 saturated heterocycles. The van der Waals surface area contributed by atoms with Crippen LogP contribution in [-0.2, 0) is 0 Å². The second-order valence-electron chi connectivity index (χ2n) is 9.64. The van der Waals surface area contributed by atoms with Gasteiger partial charge in [0.2, 0.25) is 0 Å². The van der Waals surface area contributed by atoms with E-state index in [2.05, 4.69) is 9.98 Å². The van der Waals surface area contributed by atoms with Crippen LogP contribution in [0.1, 0.15) is 44.5 Å². The molecule has 3 N–H and O–H groups in total. The maximum absolute atomic E-state index is 8.23. The van der Waals surface area contributed by atoms with Crippen molar-refractivity contribution in [3.8, 4) is 0 Å². The number of rotatable bonds is 0. The van der Waals surface area contributed by atoms with E-state index in [9.17, 15) is 0 Å². The first kappa shape index (κ1) is 23.0. The van der Waals surface area contributed by atoms with Crippen LogP contribution in [0.4, 0.5) is 0 Å². The van der Waals surface area contributed by atoms with Gasteiger partial charge in [0.15, 0.2) is 40.8 Å². The zero-order valence-electron chi connectivity index (χ0n) is 21.4. The van der Waals surface area contributed by atoms with Gasteiger partial charge < -0.3 is 5.73 Å². The molecule has 4 aliphatic rings. The Morgan fingerprint density at radius 1 is 0.415 bits per heavy atom. The van der Waals surface area contributed by atoms with Gasteiger partial charge in [-0.15, -0.1) is 0 Å². The van der Waals surface area contributed by atoms with Crippen molar-refractivity contribution in [3.05, 3.63) is 142 Å². The number of nitrogens with one attached hydrogen (secondary N) is 1. The van der Waals surface area contributed by atoms with E-state index in [1.807, 2.05) is 97.1 Å². The van der Waals surface area contributed by atoms with Crippen LogP contribution in [0.3, 0.4) is 0 Å². The maximum Gasteiger partial charge on any atom is 0.164 e. The monoisotopic (exact) mass is 529 g/mol. The Hall–Kier alpha value is -5.96. The van der Waals surface area contributed by atoms with E-state index in [0.717, 1.165) is 44.5 Å². The van der Waals surface area contributed by atoms with E-state index in [-0.39, 0.29) is 5.84 Å². The van der Waals surface area contributed by atoms with E-state index < -0.39 is 0 Å². The molecule has 0 unspecified atom stereocenters. The standard InChI is InChI=1S/C32H19N9/c33-25-17-9-1-3-11-19(17)27(35-25)37-29-21-13-5-7-15-23(21)31(39-29)41-32-24-16-8-6-14-22(24)30(40-32)38-28-20-12-4-2-10-18(20)26(34)36-28/h1-16H,(H3,33,34,35,36,37,38,39,40,41). The minimum atomic E-state index is 0.192. The molecule has 0 aromatic heterocycles. The topological polar surface area (TPSA) is 136 Å². The van der Waals surface area contributed by atoms with Crippen molar-refractivity contribution in [2.45, 2.75) is 0 Å². The van der Waals surface area contributed by atoms with Crippen LogP contribution < -0.4 is 5.73 Å². The fourth-order valence-electron chi connectivity index (χ4n) is 5.25. The minimum Gasteiger partial charge on any atom is -0.383 e. The predicted molar refractivity (Wildman–Crippen MR) is 163 cm³/mol. The second-order valence-corrected chi connectivity index (χ2v) is 9.64. The zero-order chi connectivity index (χ0) is 27.5. The van der Waals surface area contributed by atoms with Crippen LogP contribution in [-0.4, -0.2) is 46.7 Å². The fourth-order valence-corrected chi connectivity index (χ4v) is 5.25. The normalized spacial score (nSPS) is 19.1. The van der Waals surface area contributed by atoms with Gasteiger partial charge in [-0.3, -0.25) is 5.41 Å². The van der Waals surface area contributed by atoms with Crippen LogP contribution in [0.25, 0.3) is 0 Å². The maximum atomic E-state index is 8.23. The molecule has 0 radical (unpaired) electrons. The largest absolute Gasteiger partial charge is 0.383 e. The molecule has 0 amide bonds. The summed E-state index contributed by atoms with van der Waals surface area (Å²) in [4.78, 5) is 33.0. The molecule has 8 rings (SSSR count). The van der Waals surface area contributed by atoms with Crippen LogP contribution in [0, 0.1) is 5.41 Å². The van der Waals surface area contributed by atoms with Gasteiger partial charge in [0, 0.05) is 44.5 Å². The first-order valence-corrected chi connectivity index (χ1v) is 13.0. The molecule has 4 aromatic carbocycles. The third-order valence-corrected chi connectivity index (χ3v) is 7.19. The van der Waals surface area contributed by atoms with Gasteiger partial charge in [0.05, 0.1) is 0 Å². The number of amidine groups is 8. The lowest BCUT2D eigenvalue weighted by atomic mass is 10.1. The summed E-state index contributed by atoms with van der Waals surface area (Å²) < 4.78 is 0. The summed E-state index contributed by atoms with van der Waals surface area (Å²) in [5, 5.41) is 8.23. The average molecular weight is 530 g/mol. The number of fused-ring (bicyclic) bond motifs is 4. The van der Waals surface area contributed by atoms with Crippen molar-refractivity contribution in [1.82, 2.24) is 0 Å². The Labute approximate surface area is 234 Å². The van der Waals surface area contributed by atoms with Gasteiger partial charge >= 0.3 is 0 Å². The lowest BCUT2D eigenvalue weighted by Crippen LogP contribution is -2.09. The molecule has 0 spiro atoms. The van der Waals surface area contributed by atoms with Crippen molar-refractivity contribution < 1.29 is 0 Å². The van der Waals surface area contributed by atoms with Gasteiger partial charge in [0.1, 0.15) is 5.84 Å². The van der Waals surface area contributed by atoms with Gasteiger partial charge in [0.25, 0.3) is 0 Å². The lowest BCUT2D eigenvalue weighted by Gasteiger charge is -2.01. The Morgan fingerprint density at radius 3 is 1.27 bits per heavy atom. The van der Waals surface area contributed by atoms with E-state index in [4.69, 9.17) is 36.1 Å². The molecule has 9 heteroatoms. The SMILES string of the molecule is N=C1N=C(N=C2N=C(N=C3N=C(N=C4N=C(N)c5ccccc54)c4ccccc43)c3ccccc32)c2ccccc21. The van der Waals surface area contributed by atoms with E-state index in [1.54, 1.807) is 0 Å². The number of aliphatic imine (C=N–C) groups is 7. The Kier molecular flexibility index (Phi) is 4.92. The summed E-state index contributed by atoms with van der Waals surface area (Å²) in [5.41, 5.74) is 12.8. The molecule has 0 atom stereocenters. The highest BCUT2D eigenvalue weighted by atomic mass is 15.1. The third-order valence-electron chi connectivity index (χ3n) is 7.19. The van der Waals surface area contributed by atoms with Crippen molar-refractivity contribution in [2.75, 3.05) is 0 Å². The summed E-state index contributed by atoms with van der Waals surface area (Å²) in [7, 11) is 0. The number of nitrogens with zero attached hydrogens (tertiary/aromatic N) is 7. The van der Waals surface area contributed by atoms with Crippen molar-refractivity contribution in [2.24, 2.45) is 40.7 Å². The molecular formula is C32H19N9. The molecule has 0 saturated carbocycles. The van der Waals surface area contributed by atoms with Gasteiger partial charge in [-0.2, -0.15) is 0 Å². The van der Waals surface area contributed by atoms with E-state index >= 15 is 0 Å². The first-order valence-electron chi connectivity index (χ1n) is 13.0. The highest BCUT2D eigenvalue weighted by Gasteiger charge is 2.28.